The summed E-state index contributed by atoms with van der Waals surface area (Å²) < 4.78 is 10.9. The molecule has 29 heavy (non-hydrogen) atoms. The molecule has 1 N–H and O–H groups in total. The van der Waals surface area contributed by atoms with Gasteiger partial charge in [-0.15, -0.1) is 0 Å². The minimum atomic E-state index is -0.637. The second-order valence-electron chi connectivity index (χ2n) is 6.97. The lowest BCUT2D eigenvalue weighted by Crippen LogP contribution is -2.50. The minimum absolute atomic E-state index is 0.0410. The van der Waals surface area contributed by atoms with Gasteiger partial charge in [0.05, 0.1) is 7.11 Å². The molecule has 2 amide bonds. The van der Waals surface area contributed by atoms with E-state index in [0.717, 1.165) is 12.0 Å². The summed E-state index contributed by atoms with van der Waals surface area (Å²) in [5, 5.41) is 2.95. The molecule has 0 aromatic heterocycles. The third kappa shape index (κ3) is 6.82. The fourth-order valence-electron chi connectivity index (χ4n) is 2.76. The highest BCUT2D eigenvalue weighted by Crippen LogP contribution is 2.17. The van der Waals surface area contributed by atoms with Crippen molar-refractivity contribution in [1.82, 2.24) is 10.2 Å². The third-order valence-electron chi connectivity index (χ3n) is 4.76. The van der Waals surface area contributed by atoms with Gasteiger partial charge in [0, 0.05) is 12.6 Å². The van der Waals surface area contributed by atoms with Gasteiger partial charge in [-0.3, -0.25) is 9.59 Å². The molecule has 0 radical (unpaired) electrons. The van der Waals surface area contributed by atoms with Gasteiger partial charge in [-0.2, -0.15) is 0 Å². The Hall–Kier alpha value is -3.02. The number of para-hydroxylation sites is 1. The standard InChI is InChI=1S/C23H30N2O4/c1-5-17(2)24-23(27)18(3)25(15-19-10-9-13-21(14-19)28-4)22(26)16-29-20-11-7-6-8-12-20/h6-14,17-18H,5,15-16H2,1-4H3,(H,24,27)/t17-,18+/m0/s1. The van der Waals surface area contributed by atoms with Gasteiger partial charge in [0.1, 0.15) is 17.5 Å². The predicted molar refractivity (Wildman–Crippen MR) is 113 cm³/mol. The summed E-state index contributed by atoms with van der Waals surface area (Å²) in [7, 11) is 1.60. The van der Waals surface area contributed by atoms with Gasteiger partial charge < -0.3 is 19.7 Å². The third-order valence-corrected chi connectivity index (χ3v) is 4.76. The molecule has 2 rings (SSSR count). The summed E-state index contributed by atoms with van der Waals surface area (Å²) in [5.74, 6) is 0.866. The first-order valence-electron chi connectivity index (χ1n) is 9.85. The van der Waals surface area contributed by atoms with Crippen molar-refractivity contribution in [2.24, 2.45) is 0 Å². The first kappa shape index (κ1) is 22.3. The van der Waals surface area contributed by atoms with Crippen LogP contribution in [0.4, 0.5) is 0 Å². The van der Waals surface area contributed by atoms with E-state index >= 15 is 0 Å². The van der Waals surface area contributed by atoms with Gasteiger partial charge in [-0.25, -0.2) is 0 Å². The van der Waals surface area contributed by atoms with E-state index < -0.39 is 6.04 Å². The molecule has 0 spiro atoms. The van der Waals surface area contributed by atoms with Crippen LogP contribution in [-0.2, 0) is 16.1 Å². The second-order valence-corrected chi connectivity index (χ2v) is 6.97. The van der Waals surface area contributed by atoms with Crippen LogP contribution in [0.1, 0.15) is 32.8 Å². The van der Waals surface area contributed by atoms with Crippen molar-refractivity contribution in [2.75, 3.05) is 13.7 Å². The maximum Gasteiger partial charge on any atom is 0.261 e. The number of carbonyl (C=O) groups excluding carboxylic acids is 2. The first-order valence-corrected chi connectivity index (χ1v) is 9.85. The van der Waals surface area contributed by atoms with E-state index in [0.29, 0.717) is 11.5 Å². The smallest absolute Gasteiger partial charge is 0.261 e. The van der Waals surface area contributed by atoms with Crippen LogP contribution in [0.25, 0.3) is 0 Å². The fraction of sp³-hybridized carbons (Fsp3) is 0.391. The lowest BCUT2D eigenvalue weighted by molar-refractivity contribution is -0.142. The molecule has 0 aliphatic heterocycles. The number of benzene rings is 2. The monoisotopic (exact) mass is 398 g/mol. The van der Waals surface area contributed by atoms with Gasteiger partial charge in [0.15, 0.2) is 6.61 Å². The van der Waals surface area contributed by atoms with Crippen molar-refractivity contribution in [1.29, 1.82) is 0 Å². The van der Waals surface area contributed by atoms with Gasteiger partial charge in [0.2, 0.25) is 5.91 Å². The number of nitrogens with one attached hydrogen (secondary N) is 1. The minimum Gasteiger partial charge on any atom is -0.497 e. The van der Waals surface area contributed by atoms with E-state index in [1.165, 1.54) is 4.90 Å². The highest BCUT2D eigenvalue weighted by molar-refractivity contribution is 5.88. The average molecular weight is 399 g/mol. The van der Waals surface area contributed by atoms with Gasteiger partial charge in [0.25, 0.3) is 5.91 Å². The summed E-state index contributed by atoms with van der Waals surface area (Å²) in [6.45, 7) is 5.82. The van der Waals surface area contributed by atoms with Crippen molar-refractivity contribution in [2.45, 2.75) is 45.8 Å². The van der Waals surface area contributed by atoms with E-state index in [4.69, 9.17) is 9.47 Å². The van der Waals surface area contributed by atoms with Gasteiger partial charge >= 0.3 is 0 Å². The van der Waals surface area contributed by atoms with Crippen LogP contribution in [0.2, 0.25) is 0 Å². The fourth-order valence-corrected chi connectivity index (χ4v) is 2.76. The number of hydrogen-bond acceptors (Lipinski definition) is 4. The topological polar surface area (TPSA) is 67.9 Å². The van der Waals surface area contributed by atoms with Gasteiger partial charge in [-0.1, -0.05) is 37.3 Å². The summed E-state index contributed by atoms with van der Waals surface area (Å²) >= 11 is 0. The molecule has 0 aliphatic rings. The highest BCUT2D eigenvalue weighted by atomic mass is 16.5. The van der Waals surface area contributed by atoms with Gasteiger partial charge in [-0.05, 0) is 50.1 Å². The maximum atomic E-state index is 13.0. The van der Waals surface area contributed by atoms with E-state index in [9.17, 15) is 9.59 Å². The maximum absolute atomic E-state index is 13.0. The van der Waals surface area contributed by atoms with Crippen LogP contribution < -0.4 is 14.8 Å². The molecule has 156 valence electrons. The average Bonchev–Trinajstić information content (AvgIpc) is 2.76. The van der Waals surface area contributed by atoms with Crippen molar-refractivity contribution in [3.63, 3.8) is 0 Å². The molecule has 2 atom stereocenters. The zero-order valence-corrected chi connectivity index (χ0v) is 17.6. The molecule has 0 saturated heterocycles. The van der Waals surface area contributed by atoms with E-state index in [2.05, 4.69) is 5.32 Å². The Morgan fingerprint density at radius 1 is 1.03 bits per heavy atom. The van der Waals surface area contributed by atoms with Crippen molar-refractivity contribution >= 4 is 11.8 Å². The molecule has 2 aromatic rings. The molecule has 0 heterocycles. The summed E-state index contributed by atoms with van der Waals surface area (Å²) in [5.41, 5.74) is 0.876. The number of amides is 2. The largest absolute Gasteiger partial charge is 0.497 e. The summed E-state index contributed by atoms with van der Waals surface area (Å²) in [4.78, 5) is 27.2. The second kappa shape index (κ2) is 11.1. The molecule has 0 aliphatic carbocycles. The molecule has 0 fully saturated rings. The normalized spacial score (nSPS) is 12.6. The van der Waals surface area contributed by atoms with Crippen LogP contribution >= 0.6 is 0 Å². The Bertz CT molecular complexity index is 794. The Labute approximate surface area is 172 Å². The van der Waals surface area contributed by atoms with Crippen LogP contribution in [0, 0.1) is 0 Å². The van der Waals surface area contributed by atoms with E-state index in [-0.39, 0.29) is 31.0 Å². The van der Waals surface area contributed by atoms with Crippen LogP contribution in [0.5, 0.6) is 11.5 Å². The number of nitrogens with zero attached hydrogens (tertiary/aromatic N) is 1. The quantitative estimate of drug-likeness (QED) is 0.666. The van der Waals surface area contributed by atoms with Crippen LogP contribution in [0.15, 0.2) is 54.6 Å². The SMILES string of the molecule is CC[C@H](C)NC(=O)[C@@H](C)N(Cc1cccc(OC)c1)C(=O)COc1ccccc1. The predicted octanol–water partition coefficient (Wildman–Crippen LogP) is 3.41. The summed E-state index contributed by atoms with van der Waals surface area (Å²) in [6, 6.07) is 16.0. The zero-order chi connectivity index (χ0) is 21.2. The lowest BCUT2D eigenvalue weighted by atomic mass is 10.1. The lowest BCUT2D eigenvalue weighted by Gasteiger charge is -2.29. The van der Waals surface area contributed by atoms with Crippen molar-refractivity contribution in [3.8, 4) is 11.5 Å². The molecule has 6 nitrogen and oxygen atoms in total. The first-order chi connectivity index (χ1) is 13.9. The van der Waals surface area contributed by atoms with Crippen molar-refractivity contribution < 1.29 is 19.1 Å². The van der Waals surface area contributed by atoms with E-state index in [1.54, 1.807) is 26.2 Å². The number of ether oxygens (including phenoxy) is 2. The molecular formula is C23H30N2O4. The number of rotatable bonds is 10. The number of hydrogen-bond donors (Lipinski definition) is 1. The Morgan fingerprint density at radius 3 is 2.38 bits per heavy atom. The molecule has 6 heteroatoms. The Morgan fingerprint density at radius 2 is 1.72 bits per heavy atom. The Kier molecular flexibility index (Phi) is 8.52. The summed E-state index contributed by atoms with van der Waals surface area (Å²) in [6.07, 6.45) is 0.819. The Balaban J connectivity index is 2.16. The molecule has 0 bridgehead atoms. The van der Waals surface area contributed by atoms with Crippen LogP contribution in [0.3, 0.4) is 0 Å². The molecular weight excluding hydrogens is 368 g/mol. The molecule has 2 aromatic carbocycles. The molecule has 0 unspecified atom stereocenters. The highest BCUT2D eigenvalue weighted by Gasteiger charge is 2.27. The van der Waals surface area contributed by atoms with E-state index in [1.807, 2.05) is 56.3 Å². The number of carbonyl (C=O) groups is 2. The number of methoxy groups -OCH3 is 1. The van der Waals surface area contributed by atoms with Crippen molar-refractivity contribution in [3.05, 3.63) is 60.2 Å². The van der Waals surface area contributed by atoms with Crippen LogP contribution in [-0.4, -0.2) is 42.5 Å². The zero-order valence-electron chi connectivity index (χ0n) is 17.6. The molecule has 0 saturated carbocycles.